The second-order valence-corrected chi connectivity index (χ2v) is 10.2. The molecule has 1 amide bonds. The zero-order valence-corrected chi connectivity index (χ0v) is 18.3. The lowest BCUT2D eigenvalue weighted by atomic mass is 10.1. The summed E-state index contributed by atoms with van der Waals surface area (Å²) in [7, 11) is -3.67. The maximum Gasteiger partial charge on any atom is 0.264 e. The van der Waals surface area contributed by atoms with Crippen molar-refractivity contribution in [3.05, 3.63) is 84.1 Å². The Balaban J connectivity index is 1.43. The van der Waals surface area contributed by atoms with E-state index in [0.717, 1.165) is 15.6 Å². The van der Waals surface area contributed by atoms with Crippen molar-refractivity contribution in [2.24, 2.45) is 0 Å². The Labute approximate surface area is 184 Å². The van der Waals surface area contributed by atoms with Crippen LogP contribution in [0.1, 0.15) is 22.8 Å². The molecule has 0 saturated heterocycles. The number of fused-ring (bicyclic) bond motifs is 2. The summed E-state index contributed by atoms with van der Waals surface area (Å²) >= 11 is 1.41. The van der Waals surface area contributed by atoms with Crippen molar-refractivity contribution in [3.63, 3.8) is 0 Å². The van der Waals surface area contributed by atoms with Crippen LogP contribution in [0.5, 0.6) is 0 Å². The van der Waals surface area contributed by atoms with Crippen molar-refractivity contribution >= 4 is 48.9 Å². The molecule has 1 aromatic heterocycles. The predicted octanol–water partition coefficient (Wildman–Crippen LogP) is 4.69. The molecule has 0 fully saturated rings. The second-order valence-electron chi connectivity index (χ2n) is 7.54. The van der Waals surface area contributed by atoms with E-state index < -0.39 is 10.0 Å². The predicted molar refractivity (Wildman–Crippen MR) is 123 cm³/mol. The third-order valence-electron chi connectivity index (χ3n) is 5.41. The molecule has 2 heterocycles. The van der Waals surface area contributed by atoms with Crippen LogP contribution < -0.4 is 9.62 Å². The summed E-state index contributed by atoms with van der Waals surface area (Å²) in [5, 5.41) is 3.89. The minimum Gasteiger partial charge on any atom is -0.322 e. The summed E-state index contributed by atoms with van der Waals surface area (Å²) in [5.41, 5.74) is 2.66. The van der Waals surface area contributed by atoms with Crippen molar-refractivity contribution in [1.82, 2.24) is 4.37 Å². The van der Waals surface area contributed by atoms with Crippen LogP contribution in [0.4, 0.5) is 11.4 Å². The van der Waals surface area contributed by atoms with Crippen molar-refractivity contribution < 1.29 is 13.2 Å². The van der Waals surface area contributed by atoms with Crippen LogP contribution in [-0.2, 0) is 16.4 Å². The van der Waals surface area contributed by atoms with Gasteiger partial charge in [0.1, 0.15) is 0 Å². The molecule has 31 heavy (non-hydrogen) atoms. The lowest BCUT2D eigenvalue weighted by molar-refractivity contribution is 0.102. The molecule has 0 saturated carbocycles. The van der Waals surface area contributed by atoms with Gasteiger partial charge in [0.15, 0.2) is 0 Å². The Bertz CT molecular complexity index is 1400. The summed E-state index contributed by atoms with van der Waals surface area (Å²) in [6.07, 6.45) is 2.32. The lowest BCUT2D eigenvalue weighted by Gasteiger charge is -2.24. The first-order valence-electron chi connectivity index (χ1n) is 9.82. The highest BCUT2D eigenvalue weighted by Crippen LogP contribution is 2.37. The van der Waals surface area contributed by atoms with E-state index in [2.05, 4.69) is 9.69 Å². The second kappa shape index (κ2) is 7.47. The average Bonchev–Trinajstić information content (AvgIpc) is 3.36. The Hall–Kier alpha value is -3.23. The van der Waals surface area contributed by atoms with E-state index in [1.54, 1.807) is 54.7 Å². The van der Waals surface area contributed by atoms with Gasteiger partial charge >= 0.3 is 0 Å². The van der Waals surface area contributed by atoms with Gasteiger partial charge in [0.2, 0.25) is 0 Å². The molecule has 1 aliphatic heterocycles. The van der Waals surface area contributed by atoms with Crippen LogP contribution in [0, 0.1) is 0 Å². The number of nitrogens with one attached hydrogen (secondary N) is 1. The smallest absolute Gasteiger partial charge is 0.264 e. The molecule has 8 heteroatoms. The van der Waals surface area contributed by atoms with Crippen LogP contribution in [-0.4, -0.2) is 24.7 Å². The number of hydrogen-bond donors (Lipinski definition) is 1. The van der Waals surface area contributed by atoms with Gasteiger partial charge in [-0.05, 0) is 79.0 Å². The summed E-state index contributed by atoms with van der Waals surface area (Å²) in [4.78, 5) is 13.1. The molecule has 1 unspecified atom stereocenters. The zero-order valence-electron chi connectivity index (χ0n) is 16.6. The SMILES string of the molecule is CC1Cc2cc(C(=O)Nc3ccc4sncc4c3)ccc2N1S(=O)(=O)c1ccccc1. The third kappa shape index (κ3) is 3.47. The topological polar surface area (TPSA) is 79.4 Å². The first-order valence-corrected chi connectivity index (χ1v) is 12.0. The molecule has 1 atom stereocenters. The minimum absolute atomic E-state index is 0.230. The van der Waals surface area contributed by atoms with E-state index in [-0.39, 0.29) is 16.8 Å². The summed E-state index contributed by atoms with van der Waals surface area (Å²) in [6, 6.07) is 19.0. The Morgan fingerprint density at radius 2 is 1.90 bits per heavy atom. The number of nitrogens with zero attached hydrogens (tertiary/aromatic N) is 2. The van der Waals surface area contributed by atoms with Gasteiger partial charge in [0.25, 0.3) is 15.9 Å². The zero-order chi connectivity index (χ0) is 21.6. The Kier molecular flexibility index (Phi) is 4.75. The quantitative estimate of drug-likeness (QED) is 0.490. The molecule has 6 nitrogen and oxygen atoms in total. The molecule has 0 radical (unpaired) electrons. The van der Waals surface area contributed by atoms with Gasteiger partial charge in [-0.3, -0.25) is 9.10 Å². The fraction of sp³-hybridized carbons (Fsp3) is 0.130. The van der Waals surface area contributed by atoms with Crippen LogP contribution >= 0.6 is 11.5 Å². The summed E-state index contributed by atoms with van der Waals surface area (Å²) in [6.45, 7) is 1.88. The lowest BCUT2D eigenvalue weighted by Crippen LogP contribution is -2.35. The molecule has 3 aromatic carbocycles. The first kappa shape index (κ1) is 19.7. The maximum absolute atomic E-state index is 13.2. The average molecular weight is 450 g/mol. The number of hydrogen-bond acceptors (Lipinski definition) is 5. The van der Waals surface area contributed by atoms with E-state index in [1.165, 1.54) is 15.8 Å². The van der Waals surface area contributed by atoms with E-state index >= 15 is 0 Å². The molecule has 0 aliphatic carbocycles. The third-order valence-corrected chi connectivity index (χ3v) is 8.13. The molecule has 4 aromatic rings. The van der Waals surface area contributed by atoms with Gasteiger partial charge in [-0.25, -0.2) is 8.42 Å². The normalized spacial score (nSPS) is 15.8. The van der Waals surface area contributed by atoms with Crippen molar-refractivity contribution in [2.75, 3.05) is 9.62 Å². The van der Waals surface area contributed by atoms with Gasteiger partial charge in [-0.1, -0.05) is 18.2 Å². The van der Waals surface area contributed by atoms with Crippen molar-refractivity contribution in [1.29, 1.82) is 0 Å². The molecular formula is C23H19N3O3S2. The molecule has 156 valence electrons. The number of benzene rings is 3. The molecule has 1 aliphatic rings. The largest absolute Gasteiger partial charge is 0.322 e. The molecule has 1 N–H and O–H groups in total. The maximum atomic E-state index is 13.2. The number of anilines is 2. The van der Waals surface area contributed by atoms with Crippen molar-refractivity contribution in [2.45, 2.75) is 24.3 Å². The molecule has 5 rings (SSSR count). The number of carbonyl (C=O) groups is 1. The highest BCUT2D eigenvalue weighted by Gasteiger charge is 2.36. The Morgan fingerprint density at radius 1 is 1.10 bits per heavy atom. The summed E-state index contributed by atoms with van der Waals surface area (Å²) < 4.78 is 33.1. The van der Waals surface area contributed by atoms with Gasteiger partial charge in [-0.15, -0.1) is 0 Å². The molecular weight excluding hydrogens is 430 g/mol. The van der Waals surface area contributed by atoms with E-state index in [4.69, 9.17) is 0 Å². The van der Waals surface area contributed by atoms with Gasteiger partial charge in [0, 0.05) is 28.9 Å². The number of aromatic nitrogens is 1. The molecule has 0 bridgehead atoms. The van der Waals surface area contributed by atoms with Crippen LogP contribution in [0.15, 0.2) is 77.8 Å². The van der Waals surface area contributed by atoms with Crippen molar-refractivity contribution in [3.8, 4) is 0 Å². The standard InChI is InChI=1S/C23H19N3O3S2/c1-15-11-17-12-16(23(27)25-19-8-10-22-18(13-19)14-24-30-22)7-9-21(17)26(15)31(28,29)20-5-3-2-4-6-20/h2-10,12-15H,11H2,1H3,(H,25,27). The number of carbonyl (C=O) groups excluding carboxylic acids is 1. The fourth-order valence-corrected chi connectivity index (χ4v) is 6.31. The van der Waals surface area contributed by atoms with E-state index in [9.17, 15) is 13.2 Å². The minimum atomic E-state index is -3.67. The number of rotatable bonds is 4. The van der Waals surface area contributed by atoms with Gasteiger partial charge < -0.3 is 5.32 Å². The fourth-order valence-electron chi connectivity index (χ4n) is 3.97. The highest BCUT2D eigenvalue weighted by molar-refractivity contribution is 7.92. The first-order chi connectivity index (χ1) is 14.9. The van der Waals surface area contributed by atoms with Crippen LogP contribution in [0.25, 0.3) is 10.1 Å². The molecule has 0 spiro atoms. The summed E-state index contributed by atoms with van der Waals surface area (Å²) in [5.74, 6) is -0.234. The monoisotopic (exact) mass is 449 g/mol. The number of sulfonamides is 1. The van der Waals surface area contributed by atoms with E-state index in [0.29, 0.717) is 23.4 Å². The van der Waals surface area contributed by atoms with Gasteiger partial charge in [0.05, 0.1) is 15.3 Å². The number of amides is 1. The van der Waals surface area contributed by atoms with Gasteiger partial charge in [-0.2, -0.15) is 4.37 Å². The highest BCUT2D eigenvalue weighted by atomic mass is 32.2. The van der Waals surface area contributed by atoms with Crippen LogP contribution in [0.3, 0.4) is 0 Å². The van der Waals surface area contributed by atoms with Crippen LogP contribution in [0.2, 0.25) is 0 Å². The Morgan fingerprint density at radius 3 is 2.71 bits per heavy atom. The van der Waals surface area contributed by atoms with E-state index in [1.807, 2.05) is 25.1 Å².